The van der Waals surface area contributed by atoms with E-state index in [1.807, 2.05) is 24.7 Å². The Bertz CT molecular complexity index is 1090. The minimum atomic E-state index is -0.378. The van der Waals surface area contributed by atoms with E-state index in [0.29, 0.717) is 29.1 Å². The van der Waals surface area contributed by atoms with Crippen molar-refractivity contribution in [2.45, 2.75) is 24.9 Å². The number of aryl methyl sites for hydroxylation is 1. The second kappa shape index (κ2) is 11.9. The van der Waals surface area contributed by atoms with Gasteiger partial charge in [0.1, 0.15) is 0 Å². The maximum atomic E-state index is 12.5. The van der Waals surface area contributed by atoms with Gasteiger partial charge in [0.15, 0.2) is 5.16 Å². The van der Waals surface area contributed by atoms with Gasteiger partial charge in [0, 0.05) is 36.4 Å². The quantitative estimate of drug-likeness (QED) is 0.261. The van der Waals surface area contributed by atoms with E-state index < -0.39 is 0 Å². The molecule has 0 aliphatic heterocycles. The summed E-state index contributed by atoms with van der Waals surface area (Å²) in [7, 11) is 1.87. The zero-order chi connectivity index (χ0) is 23.6. The number of nitrogens with one attached hydrogen (secondary N) is 2. The Morgan fingerprint density at radius 2 is 1.61 bits per heavy atom. The lowest BCUT2D eigenvalue weighted by Crippen LogP contribution is -2.15. The SMILES string of the molecule is CCCCOC(=O)c1ccc(NC(=O)c2ccc(NC(=O)CSc3nccn3C)cc2)cc1. The molecule has 1 heterocycles. The summed E-state index contributed by atoms with van der Waals surface area (Å²) in [6, 6.07) is 13.2. The molecule has 2 aromatic carbocycles. The Hall–Kier alpha value is -3.59. The highest BCUT2D eigenvalue weighted by atomic mass is 32.2. The molecule has 0 fully saturated rings. The fourth-order valence-electron chi connectivity index (χ4n) is 2.81. The molecule has 0 spiro atoms. The standard InChI is InChI=1S/C24H26N4O4S/c1-3-4-15-32-23(31)18-7-11-20(12-8-18)27-22(30)17-5-9-19(10-6-17)26-21(29)16-33-24-25-13-14-28(24)2/h5-14H,3-4,15-16H2,1-2H3,(H,26,29)(H,27,30). The Morgan fingerprint density at radius 1 is 0.970 bits per heavy atom. The average Bonchev–Trinajstić information content (AvgIpc) is 3.23. The first-order chi connectivity index (χ1) is 16.0. The van der Waals surface area contributed by atoms with Gasteiger partial charge in [-0.15, -0.1) is 0 Å². The van der Waals surface area contributed by atoms with Crippen LogP contribution in [0.1, 0.15) is 40.5 Å². The van der Waals surface area contributed by atoms with Crippen molar-refractivity contribution >= 4 is 40.9 Å². The molecule has 1 aromatic heterocycles. The number of carbonyl (C=O) groups is 3. The summed E-state index contributed by atoms with van der Waals surface area (Å²) < 4.78 is 7.02. The van der Waals surface area contributed by atoms with E-state index in [0.717, 1.165) is 18.0 Å². The van der Waals surface area contributed by atoms with E-state index in [-0.39, 0.29) is 23.5 Å². The van der Waals surface area contributed by atoms with Crippen LogP contribution < -0.4 is 10.6 Å². The summed E-state index contributed by atoms with van der Waals surface area (Å²) in [5, 5.41) is 6.35. The third kappa shape index (κ3) is 7.21. The maximum absolute atomic E-state index is 12.5. The zero-order valence-electron chi connectivity index (χ0n) is 18.5. The molecule has 3 rings (SSSR count). The van der Waals surface area contributed by atoms with Crippen LogP contribution in [0, 0.1) is 0 Å². The smallest absolute Gasteiger partial charge is 0.338 e. The number of hydrogen-bond acceptors (Lipinski definition) is 6. The van der Waals surface area contributed by atoms with Crippen LogP contribution in [0.5, 0.6) is 0 Å². The van der Waals surface area contributed by atoms with E-state index in [9.17, 15) is 14.4 Å². The molecular formula is C24H26N4O4S. The lowest BCUT2D eigenvalue weighted by Gasteiger charge is -2.09. The Morgan fingerprint density at radius 3 is 2.21 bits per heavy atom. The first-order valence-electron chi connectivity index (χ1n) is 10.5. The summed E-state index contributed by atoms with van der Waals surface area (Å²) in [6.45, 7) is 2.42. The average molecular weight is 467 g/mol. The van der Waals surface area contributed by atoms with Crippen LogP contribution in [0.4, 0.5) is 11.4 Å². The lowest BCUT2D eigenvalue weighted by molar-refractivity contribution is -0.113. The summed E-state index contributed by atoms with van der Waals surface area (Å²) >= 11 is 1.34. The van der Waals surface area contributed by atoms with Gasteiger partial charge in [0.05, 0.1) is 17.9 Å². The highest BCUT2D eigenvalue weighted by molar-refractivity contribution is 7.99. The van der Waals surface area contributed by atoms with Crippen LogP contribution in [-0.2, 0) is 16.6 Å². The molecule has 0 unspecified atom stereocenters. The van der Waals surface area contributed by atoms with Gasteiger partial charge < -0.3 is 19.9 Å². The number of thioether (sulfide) groups is 1. The van der Waals surface area contributed by atoms with Crippen molar-refractivity contribution in [2.75, 3.05) is 23.0 Å². The summed E-state index contributed by atoms with van der Waals surface area (Å²) in [5.41, 5.74) is 2.04. The number of imidazole rings is 1. The minimum absolute atomic E-state index is 0.159. The number of esters is 1. The molecule has 9 heteroatoms. The second-order valence-corrected chi connectivity index (χ2v) is 8.20. The van der Waals surface area contributed by atoms with Crippen LogP contribution in [0.2, 0.25) is 0 Å². The van der Waals surface area contributed by atoms with Crippen molar-refractivity contribution in [1.29, 1.82) is 0 Å². The number of amides is 2. The number of aromatic nitrogens is 2. The molecule has 33 heavy (non-hydrogen) atoms. The van der Waals surface area contributed by atoms with Crippen molar-refractivity contribution in [3.05, 3.63) is 72.1 Å². The molecule has 0 radical (unpaired) electrons. The molecule has 0 atom stereocenters. The Labute approximate surface area is 196 Å². The number of nitrogens with zero attached hydrogens (tertiary/aromatic N) is 2. The summed E-state index contributed by atoms with van der Waals surface area (Å²) in [4.78, 5) is 40.8. The molecule has 2 N–H and O–H groups in total. The fourth-order valence-corrected chi connectivity index (χ4v) is 3.54. The predicted molar refractivity (Wildman–Crippen MR) is 129 cm³/mol. The van der Waals surface area contributed by atoms with Gasteiger partial charge in [-0.25, -0.2) is 9.78 Å². The molecule has 0 aliphatic carbocycles. The predicted octanol–water partition coefficient (Wildman–Crippen LogP) is 4.36. The molecule has 172 valence electrons. The normalized spacial score (nSPS) is 10.5. The van der Waals surface area contributed by atoms with Crippen LogP contribution in [-0.4, -0.2) is 39.7 Å². The molecule has 0 bridgehead atoms. The molecule has 0 saturated heterocycles. The van der Waals surface area contributed by atoms with E-state index in [1.54, 1.807) is 54.7 Å². The summed E-state index contributed by atoms with van der Waals surface area (Å²) in [5.74, 6) is -0.600. The highest BCUT2D eigenvalue weighted by Crippen LogP contribution is 2.17. The molecule has 8 nitrogen and oxygen atoms in total. The van der Waals surface area contributed by atoms with Crippen molar-refractivity contribution in [2.24, 2.45) is 7.05 Å². The molecule has 0 saturated carbocycles. The van der Waals surface area contributed by atoms with Gasteiger partial charge >= 0.3 is 5.97 Å². The van der Waals surface area contributed by atoms with Gasteiger partial charge in [-0.1, -0.05) is 25.1 Å². The lowest BCUT2D eigenvalue weighted by atomic mass is 10.1. The minimum Gasteiger partial charge on any atom is -0.462 e. The first kappa shape index (κ1) is 24.1. The van der Waals surface area contributed by atoms with Crippen LogP contribution >= 0.6 is 11.8 Å². The van der Waals surface area contributed by atoms with E-state index in [4.69, 9.17) is 4.74 Å². The number of hydrogen-bond donors (Lipinski definition) is 2. The number of anilines is 2. The van der Waals surface area contributed by atoms with E-state index >= 15 is 0 Å². The zero-order valence-corrected chi connectivity index (χ0v) is 19.4. The maximum Gasteiger partial charge on any atom is 0.338 e. The van der Waals surface area contributed by atoms with E-state index in [2.05, 4.69) is 15.6 Å². The number of unbranched alkanes of at least 4 members (excludes halogenated alkanes) is 1. The highest BCUT2D eigenvalue weighted by Gasteiger charge is 2.10. The van der Waals surface area contributed by atoms with Gasteiger partial charge in [-0.3, -0.25) is 9.59 Å². The van der Waals surface area contributed by atoms with Gasteiger partial charge in [0.2, 0.25) is 5.91 Å². The van der Waals surface area contributed by atoms with Crippen LogP contribution in [0.25, 0.3) is 0 Å². The third-order valence-electron chi connectivity index (χ3n) is 4.65. The number of benzene rings is 2. The number of carbonyl (C=O) groups excluding carboxylic acids is 3. The summed E-state index contributed by atoms with van der Waals surface area (Å²) in [6.07, 6.45) is 5.28. The van der Waals surface area contributed by atoms with Gasteiger partial charge in [0.25, 0.3) is 5.91 Å². The van der Waals surface area contributed by atoms with Crippen molar-refractivity contribution in [1.82, 2.24) is 9.55 Å². The number of rotatable bonds is 10. The first-order valence-corrected chi connectivity index (χ1v) is 11.5. The Kier molecular flexibility index (Phi) is 8.65. The van der Waals surface area contributed by atoms with Crippen molar-refractivity contribution in [3.8, 4) is 0 Å². The van der Waals surface area contributed by atoms with Crippen LogP contribution in [0.15, 0.2) is 66.1 Å². The van der Waals surface area contributed by atoms with Crippen LogP contribution in [0.3, 0.4) is 0 Å². The molecule has 0 aliphatic rings. The monoisotopic (exact) mass is 466 g/mol. The fraction of sp³-hybridized carbons (Fsp3) is 0.250. The van der Waals surface area contributed by atoms with Gasteiger partial charge in [-0.05, 0) is 55.0 Å². The third-order valence-corrected chi connectivity index (χ3v) is 5.71. The topological polar surface area (TPSA) is 102 Å². The van der Waals surface area contributed by atoms with Crippen molar-refractivity contribution in [3.63, 3.8) is 0 Å². The molecule has 2 amide bonds. The molecular weight excluding hydrogens is 440 g/mol. The van der Waals surface area contributed by atoms with Gasteiger partial charge in [-0.2, -0.15) is 0 Å². The number of ether oxygens (including phenoxy) is 1. The van der Waals surface area contributed by atoms with E-state index in [1.165, 1.54) is 11.8 Å². The largest absolute Gasteiger partial charge is 0.462 e. The molecule has 3 aromatic rings. The second-order valence-electron chi connectivity index (χ2n) is 7.26. The Balaban J connectivity index is 1.49. The van der Waals surface area contributed by atoms with Crippen molar-refractivity contribution < 1.29 is 19.1 Å².